The molecule has 1 heterocycles. The molecule has 2 aliphatic rings. The number of thiazole rings is 1. The lowest BCUT2D eigenvalue weighted by Gasteiger charge is -2.42. The van der Waals surface area contributed by atoms with E-state index in [9.17, 15) is 0 Å². The van der Waals surface area contributed by atoms with Gasteiger partial charge in [-0.25, -0.2) is 9.83 Å². The largest absolute Gasteiger partial charge is 0.378 e. The van der Waals surface area contributed by atoms with E-state index >= 15 is 0 Å². The fraction of sp³-hybridized carbons (Fsp3) is 0.310. The molecule has 2 aromatic carbocycles. The molecule has 0 radical (unpaired) electrons. The van der Waals surface area contributed by atoms with Gasteiger partial charge in [0.2, 0.25) is 5.70 Å². The van der Waals surface area contributed by atoms with Crippen LogP contribution in [0.5, 0.6) is 0 Å². The molecule has 0 fully saturated rings. The molecule has 0 bridgehead atoms. The number of para-hydroxylation sites is 1. The average molecular weight is 452 g/mol. The maximum Gasteiger partial charge on any atom is 0.225 e. The van der Waals surface area contributed by atoms with Crippen molar-refractivity contribution in [3.05, 3.63) is 93.8 Å². The van der Waals surface area contributed by atoms with Crippen LogP contribution in [0.4, 0.5) is 5.69 Å². The highest BCUT2D eigenvalue weighted by molar-refractivity contribution is 7.19. The number of hydrogen-bond acceptors (Lipinski definition) is 3. The Bertz CT molecular complexity index is 1310. The third kappa shape index (κ3) is 4.03. The van der Waals surface area contributed by atoms with E-state index in [0.717, 1.165) is 40.1 Å². The van der Waals surface area contributed by atoms with Crippen molar-refractivity contribution in [1.82, 2.24) is 4.98 Å². The second-order valence-corrected chi connectivity index (χ2v) is 11.0. The van der Waals surface area contributed by atoms with Crippen LogP contribution in [0.25, 0.3) is 26.3 Å². The minimum atomic E-state index is 0.114. The number of rotatable bonds is 3. The molecule has 0 saturated carbocycles. The van der Waals surface area contributed by atoms with Crippen molar-refractivity contribution in [3.63, 3.8) is 0 Å². The van der Waals surface area contributed by atoms with Crippen LogP contribution in [0.1, 0.15) is 43.7 Å². The molecule has 5 rings (SSSR count). The quantitative estimate of drug-likeness (QED) is 0.378. The maximum absolute atomic E-state index is 7.98. The lowest BCUT2D eigenvalue weighted by atomic mass is 9.62. The van der Waals surface area contributed by atoms with E-state index in [2.05, 4.69) is 80.2 Å². The van der Waals surface area contributed by atoms with Gasteiger partial charge in [0.25, 0.3) is 0 Å². The van der Waals surface area contributed by atoms with Gasteiger partial charge in [-0.15, -0.1) is 11.3 Å². The number of hydrogen-bond donors (Lipinski definition) is 0. The molecule has 0 saturated heterocycles. The lowest BCUT2D eigenvalue weighted by Crippen LogP contribution is -2.31. The molecule has 1 aromatic heterocycles. The predicted octanol–water partition coefficient (Wildman–Crippen LogP) is 7.84. The normalized spacial score (nSPS) is 21.0. The van der Waals surface area contributed by atoms with Crippen LogP contribution < -0.4 is 4.90 Å². The molecule has 166 valence electrons. The number of fused-ring (bicyclic) bond motifs is 2. The summed E-state index contributed by atoms with van der Waals surface area (Å²) in [5.74, 6) is 0.522. The van der Waals surface area contributed by atoms with Crippen molar-refractivity contribution < 1.29 is 0 Å². The van der Waals surface area contributed by atoms with E-state index < -0.39 is 0 Å². The van der Waals surface area contributed by atoms with Crippen LogP contribution in [0, 0.1) is 17.9 Å². The van der Waals surface area contributed by atoms with Gasteiger partial charge in [0.1, 0.15) is 5.01 Å². The van der Waals surface area contributed by atoms with E-state index in [4.69, 9.17) is 11.6 Å². The molecule has 1 unspecified atom stereocenters. The van der Waals surface area contributed by atoms with Gasteiger partial charge in [-0.1, -0.05) is 50.3 Å². The number of allylic oxidation sites excluding steroid dienone is 5. The van der Waals surface area contributed by atoms with Crippen molar-refractivity contribution >= 4 is 38.5 Å². The summed E-state index contributed by atoms with van der Waals surface area (Å²) in [4.78, 5) is 10.9. The Morgan fingerprint density at radius 1 is 1.09 bits per heavy atom. The number of aromatic nitrogens is 1. The second kappa shape index (κ2) is 8.32. The third-order valence-corrected chi connectivity index (χ3v) is 8.09. The summed E-state index contributed by atoms with van der Waals surface area (Å²) in [7, 11) is 4.14. The monoisotopic (exact) mass is 451 g/mol. The van der Waals surface area contributed by atoms with Gasteiger partial charge < -0.3 is 4.90 Å². The van der Waals surface area contributed by atoms with Gasteiger partial charge in [-0.05, 0) is 77.1 Å². The average Bonchev–Trinajstić information content (AvgIpc) is 3.22. The Hall–Kier alpha value is -3.16. The van der Waals surface area contributed by atoms with Crippen molar-refractivity contribution in [3.8, 4) is 0 Å². The van der Waals surface area contributed by atoms with Crippen LogP contribution in [-0.2, 0) is 0 Å². The molecule has 33 heavy (non-hydrogen) atoms. The topological polar surface area (TPSA) is 20.5 Å². The highest BCUT2D eigenvalue weighted by Crippen LogP contribution is 2.51. The van der Waals surface area contributed by atoms with Gasteiger partial charge in [-0.2, -0.15) is 0 Å². The molecule has 2 aliphatic carbocycles. The smallest absolute Gasteiger partial charge is 0.225 e. The van der Waals surface area contributed by atoms with Gasteiger partial charge in [-0.3, -0.25) is 0 Å². The van der Waals surface area contributed by atoms with Crippen molar-refractivity contribution in [1.29, 1.82) is 0 Å². The van der Waals surface area contributed by atoms with Crippen molar-refractivity contribution in [2.75, 3.05) is 19.0 Å². The van der Waals surface area contributed by atoms with Crippen molar-refractivity contribution in [2.45, 2.75) is 33.1 Å². The third-order valence-electron chi connectivity index (χ3n) is 7.04. The Labute approximate surface area is 200 Å². The summed E-state index contributed by atoms with van der Waals surface area (Å²) in [6, 6.07) is 17.0. The molecular formula is C29H29N3S. The van der Waals surface area contributed by atoms with Gasteiger partial charge in [0, 0.05) is 19.8 Å². The van der Waals surface area contributed by atoms with E-state index in [-0.39, 0.29) is 5.41 Å². The van der Waals surface area contributed by atoms with Gasteiger partial charge in [0.05, 0.1) is 16.8 Å². The molecule has 0 N–H and O–H groups in total. The first-order valence-corrected chi connectivity index (χ1v) is 12.3. The maximum atomic E-state index is 7.98. The highest BCUT2D eigenvalue weighted by Gasteiger charge is 2.38. The van der Waals surface area contributed by atoms with Crippen molar-refractivity contribution in [2.24, 2.45) is 11.3 Å². The van der Waals surface area contributed by atoms with Crippen LogP contribution in [-0.4, -0.2) is 19.1 Å². The Morgan fingerprint density at radius 2 is 1.85 bits per heavy atom. The fourth-order valence-electron chi connectivity index (χ4n) is 5.27. The molecule has 1 atom stereocenters. The summed E-state index contributed by atoms with van der Waals surface area (Å²) in [6.45, 7) is 12.7. The summed E-state index contributed by atoms with van der Waals surface area (Å²) >= 11 is 1.62. The zero-order chi connectivity index (χ0) is 23.2. The molecule has 4 heteroatoms. The fourth-order valence-corrected chi connectivity index (χ4v) is 6.27. The SMILES string of the molecule is [C-]#[N+]/C(=C1\C=C2C=C(c3ccc(N(C)C)cc3)CCC2C(C)(C)C1)c1nc2ccccc2s1. The number of anilines is 1. The van der Waals surface area contributed by atoms with Crippen LogP contribution in [0.2, 0.25) is 0 Å². The first kappa shape index (κ1) is 21.7. The first-order chi connectivity index (χ1) is 15.9. The van der Waals surface area contributed by atoms with E-state index in [1.165, 1.54) is 22.4 Å². The van der Waals surface area contributed by atoms with Crippen LogP contribution >= 0.6 is 11.3 Å². The molecule has 3 aromatic rings. The zero-order valence-electron chi connectivity index (χ0n) is 19.7. The second-order valence-electron chi connectivity index (χ2n) is 9.98. The van der Waals surface area contributed by atoms with E-state index in [0.29, 0.717) is 11.6 Å². The Morgan fingerprint density at radius 3 is 2.55 bits per heavy atom. The highest BCUT2D eigenvalue weighted by atomic mass is 32.1. The minimum Gasteiger partial charge on any atom is -0.378 e. The standard InChI is InChI=1S/C29H29N3S/c1-29(2)18-22(27(30-3)28-31-25-8-6-7-9-26(25)33-28)17-21-16-20(12-15-24(21)29)19-10-13-23(14-11-19)32(4)5/h6-11,13-14,16-17,24H,12,15,18H2,1-2,4-5H3/b27-22+. The molecule has 0 aliphatic heterocycles. The summed E-state index contributed by atoms with van der Waals surface area (Å²) in [5.41, 5.74) is 8.20. The van der Waals surface area contributed by atoms with Gasteiger partial charge in [0.15, 0.2) is 0 Å². The van der Waals surface area contributed by atoms with Gasteiger partial charge >= 0.3 is 0 Å². The Kier molecular flexibility index (Phi) is 5.46. The first-order valence-electron chi connectivity index (χ1n) is 11.5. The number of benzene rings is 2. The summed E-state index contributed by atoms with van der Waals surface area (Å²) < 4.78 is 1.14. The van der Waals surface area contributed by atoms with Crippen LogP contribution in [0.3, 0.4) is 0 Å². The zero-order valence-corrected chi connectivity index (χ0v) is 20.5. The molecule has 0 amide bonds. The lowest BCUT2D eigenvalue weighted by molar-refractivity contribution is 0.228. The minimum absolute atomic E-state index is 0.114. The molecular weight excluding hydrogens is 422 g/mol. The summed E-state index contributed by atoms with van der Waals surface area (Å²) in [5, 5.41) is 0.839. The van der Waals surface area contributed by atoms with E-state index in [1.807, 2.05) is 18.2 Å². The number of nitrogens with zero attached hydrogens (tertiary/aromatic N) is 3. The van der Waals surface area contributed by atoms with Crippen LogP contribution in [0.15, 0.2) is 71.8 Å². The molecule has 3 nitrogen and oxygen atoms in total. The Balaban J connectivity index is 1.58. The summed E-state index contributed by atoms with van der Waals surface area (Å²) in [6.07, 6.45) is 7.85. The van der Waals surface area contributed by atoms with E-state index in [1.54, 1.807) is 11.3 Å². The molecule has 0 spiro atoms. The predicted molar refractivity (Wildman–Crippen MR) is 141 cm³/mol.